The van der Waals surface area contributed by atoms with Crippen molar-refractivity contribution in [1.29, 1.82) is 0 Å². The molecule has 0 saturated carbocycles. The van der Waals surface area contributed by atoms with Crippen molar-refractivity contribution in [3.63, 3.8) is 0 Å². The Bertz CT molecular complexity index is 316. The number of aryl methyl sites for hydroxylation is 2. The van der Waals surface area contributed by atoms with Crippen LogP contribution >= 0.6 is 0 Å². The molecule has 0 aromatic carbocycles. The normalized spacial score (nSPS) is 12.7. The molecule has 0 aliphatic carbocycles. The molecule has 0 saturated heterocycles. The van der Waals surface area contributed by atoms with Gasteiger partial charge in [-0.05, 0) is 18.9 Å². The van der Waals surface area contributed by atoms with E-state index in [9.17, 15) is 0 Å². The molecule has 1 aromatic rings. The third-order valence-electron chi connectivity index (χ3n) is 2.53. The van der Waals surface area contributed by atoms with Crippen LogP contribution in [0.15, 0.2) is 18.7 Å². The van der Waals surface area contributed by atoms with Crippen molar-refractivity contribution in [2.45, 2.75) is 32.2 Å². The lowest BCUT2D eigenvalue weighted by Crippen LogP contribution is -2.36. The number of aromatic nitrogens is 2. The first-order chi connectivity index (χ1) is 7.21. The van der Waals surface area contributed by atoms with E-state index < -0.39 is 0 Å². The SMILES string of the molecule is C=CCC(Cc1cc(CC)nn1C)NN. The summed E-state index contributed by atoms with van der Waals surface area (Å²) in [6, 6.07) is 2.37. The summed E-state index contributed by atoms with van der Waals surface area (Å²) in [5.74, 6) is 5.47. The Labute approximate surface area is 91.1 Å². The molecule has 84 valence electrons. The van der Waals surface area contributed by atoms with E-state index in [0.29, 0.717) is 0 Å². The fraction of sp³-hybridized carbons (Fsp3) is 0.545. The summed E-state index contributed by atoms with van der Waals surface area (Å²) in [7, 11) is 1.97. The Morgan fingerprint density at radius 3 is 2.93 bits per heavy atom. The highest BCUT2D eigenvalue weighted by Crippen LogP contribution is 2.08. The monoisotopic (exact) mass is 208 g/mol. The van der Waals surface area contributed by atoms with Gasteiger partial charge < -0.3 is 0 Å². The third-order valence-corrected chi connectivity index (χ3v) is 2.53. The van der Waals surface area contributed by atoms with E-state index in [1.165, 1.54) is 5.69 Å². The topological polar surface area (TPSA) is 55.9 Å². The van der Waals surface area contributed by atoms with Crippen molar-refractivity contribution in [2.75, 3.05) is 0 Å². The van der Waals surface area contributed by atoms with E-state index >= 15 is 0 Å². The van der Waals surface area contributed by atoms with Crippen LogP contribution in [0.3, 0.4) is 0 Å². The highest BCUT2D eigenvalue weighted by Gasteiger charge is 2.10. The van der Waals surface area contributed by atoms with Gasteiger partial charge in [0, 0.05) is 25.2 Å². The molecule has 3 N–H and O–H groups in total. The molecule has 1 unspecified atom stereocenters. The van der Waals surface area contributed by atoms with Crippen molar-refractivity contribution >= 4 is 0 Å². The summed E-state index contributed by atoms with van der Waals surface area (Å²) < 4.78 is 1.92. The van der Waals surface area contributed by atoms with Crippen LogP contribution in [0.25, 0.3) is 0 Å². The van der Waals surface area contributed by atoms with Gasteiger partial charge in [-0.15, -0.1) is 6.58 Å². The van der Waals surface area contributed by atoms with Gasteiger partial charge in [-0.1, -0.05) is 13.0 Å². The number of hydrazine groups is 1. The van der Waals surface area contributed by atoms with Crippen LogP contribution in [-0.4, -0.2) is 15.8 Å². The van der Waals surface area contributed by atoms with Gasteiger partial charge in [0.25, 0.3) is 0 Å². The molecule has 4 heteroatoms. The highest BCUT2D eigenvalue weighted by molar-refractivity contribution is 5.11. The maximum absolute atomic E-state index is 5.47. The van der Waals surface area contributed by atoms with Gasteiger partial charge in [-0.25, -0.2) is 0 Å². The van der Waals surface area contributed by atoms with E-state index in [1.807, 2.05) is 17.8 Å². The molecular formula is C11H20N4. The van der Waals surface area contributed by atoms with Crippen molar-refractivity contribution < 1.29 is 0 Å². The van der Waals surface area contributed by atoms with Gasteiger partial charge in [0.2, 0.25) is 0 Å². The van der Waals surface area contributed by atoms with E-state index in [1.54, 1.807) is 0 Å². The molecule has 0 bridgehead atoms. The Kier molecular flexibility index (Phi) is 4.52. The fourth-order valence-electron chi connectivity index (χ4n) is 1.60. The second-order valence-electron chi connectivity index (χ2n) is 3.70. The lowest BCUT2D eigenvalue weighted by Gasteiger charge is -2.13. The van der Waals surface area contributed by atoms with Crippen LogP contribution < -0.4 is 11.3 Å². The highest BCUT2D eigenvalue weighted by atomic mass is 15.3. The third kappa shape index (κ3) is 3.18. The zero-order chi connectivity index (χ0) is 11.3. The summed E-state index contributed by atoms with van der Waals surface area (Å²) in [4.78, 5) is 0. The summed E-state index contributed by atoms with van der Waals surface area (Å²) in [6.07, 6.45) is 4.59. The minimum atomic E-state index is 0.239. The minimum absolute atomic E-state index is 0.239. The zero-order valence-electron chi connectivity index (χ0n) is 9.53. The minimum Gasteiger partial charge on any atom is -0.272 e. The first kappa shape index (κ1) is 11.9. The quantitative estimate of drug-likeness (QED) is 0.415. The maximum atomic E-state index is 5.47. The Hall–Kier alpha value is -1.13. The average Bonchev–Trinajstić information content (AvgIpc) is 2.59. The van der Waals surface area contributed by atoms with Gasteiger partial charge >= 0.3 is 0 Å². The van der Waals surface area contributed by atoms with E-state index in [2.05, 4.69) is 30.1 Å². The van der Waals surface area contributed by atoms with Crippen molar-refractivity contribution in [3.8, 4) is 0 Å². The molecule has 1 atom stereocenters. The van der Waals surface area contributed by atoms with Gasteiger partial charge in [0.1, 0.15) is 0 Å². The average molecular weight is 208 g/mol. The van der Waals surface area contributed by atoms with E-state index in [-0.39, 0.29) is 6.04 Å². The van der Waals surface area contributed by atoms with Crippen LogP contribution in [0, 0.1) is 0 Å². The summed E-state index contributed by atoms with van der Waals surface area (Å²) in [5, 5.41) is 4.40. The number of hydrogen-bond donors (Lipinski definition) is 2. The molecule has 4 nitrogen and oxygen atoms in total. The molecular weight excluding hydrogens is 188 g/mol. The molecule has 0 amide bonds. The smallest absolute Gasteiger partial charge is 0.0624 e. The van der Waals surface area contributed by atoms with E-state index in [4.69, 9.17) is 5.84 Å². The van der Waals surface area contributed by atoms with Crippen LogP contribution in [0.5, 0.6) is 0 Å². The Morgan fingerprint density at radius 2 is 2.47 bits per heavy atom. The van der Waals surface area contributed by atoms with Crippen molar-refractivity contribution in [1.82, 2.24) is 15.2 Å². The molecule has 15 heavy (non-hydrogen) atoms. The second kappa shape index (κ2) is 5.68. The van der Waals surface area contributed by atoms with Crippen LogP contribution in [0.1, 0.15) is 24.7 Å². The molecule has 0 fully saturated rings. The number of nitrogens with two attached hydrogens (primary N) is 1. The number of nitrogens with one attached hydrogen (secondary N) is 1. The Balaban J connectivity index is 2.69. The van der Waals surface area contributed by atoms with Gasteiger partial charge in [0.05, 0.1) is 5.69 Å². The first-order valence-corrected chi connectivity index (χ1v) is 5.30. The lowest BCUT2D eigenvalue weighted by molar-refractivity contribution is 0.512. The number of hydrogen-bond acceptors (Lipinski definition) is 3. The van der Waals surface area contributed by atoms with Crippen molar-refractivity contribution in [3.05, 3.63) is 30.1 Å². The summed E-state index contributed by atoms with van der Waals surface area (Å²) in [6.45, 7) is 5.82. The fourth-order valence-corrected chi connectivity index (χ4v) is 1.60. The lowest BCUT2D eigenvalue weighted by atomic mass is 10.1. The molecule has 1 aromatic heterocycles. The predicted molar refractivity (Wildman–Crippen MR) is 62.2 cm³/mol. The molecule has 0 aliphatic heterocycles. The van der Waals surface area contributed by atoms with Gasteiger partial charge in [-0.2, -0.15) is 5.10 Å². The zero-order valence-corrected chi connectivity index (χ0v) is 9.53. The van der Waals surface area contributed by atoms with Crippen LogP contribution in [0.4, 0.5) is 0 Å². The number of rotatable bonds is 6. The molecule has 0 radical (unpaired) electrons. The maximum Gasteiger partial charge on any atom is 0.0624 e. The summed E-state index contributed by atoms with van der Waals surface area (Å²) in [5.41, 5.74) is 5.13. The molecule has 1 heterocycles. The molecule has 1 rings (SSSR count). The molecule has 0 aliphatic rings. The first-order valence-electron chi connectivity index (χ1n) is 5.30. The molecule has 0 spiro atoms. The standard InChI is InChI=1S/C11H20N4/c1-4-6-10(13-12)8-11-7-9(5-2)14-15(11)3/h4,7,10,13H,1,5-6,8,12H2,2-3H3. The predicted octanol–water partition coefficient (Wildman–Crippen LogP) is 0.933. The van der Waals surface area contributed by atoms with Crippen molar-refractivity contribution in [2.24, 2.45) is 12.9 Å². The van der Waals surface area contributed by atoms with Gasteiger partial charge in [0.15, 0.2) is 0 Å². The van der Waals surface area contributed by atoms with Crippen LogP contribution in [0.2, 0.25) is 0 Å². The van der Waals surface area contributed by atoms with E-state index in [0.717, 1.165) is 25.0 Å². The Morgan fingerprint density at radius 1 is 1.73 bits per heavy atom. The second-order valence-corrected chi connectivity index (χ2v) is 3.70. The number of nitrogens with zero attached hydrogens (tertiary/aromatic N) is 2. The summed E-state index contributed by atoms with van der Waals surface area (Å²) >= 11 is 0. The van der Waals surface area contributed by atoms with Crippen LogP contribution in [-0.2, 0) is 19.9 Å². The largest absolute Gasteiger partial charge is 0.272 e. The van der Waals surface area contributed by atoms with Gasteiger partial charge in [-0.3, -0.25) is 16.0 Å².